The molecule has 1 aromatic carbocycles. The Morgan fingerprint density at radius 2 is 2.12 bits per heavy atom. The lowest BCUT2D eigenvalue weighted by Crippen LogP contribution is -2.46. The molecular weight excluding hydrogens is 437 g/mol. The van der Waals surface area contributed by atoms with E-state index in [-0.39, 0.29) is 16.5 Å². The second kappa shape index (κ2) is 7.51. The summed E-state index contributed by atoms with van der Waals surface area (Å²) >= 11 is 10.3. The van der Waals surface area contributed by atoms with Crippen LogP contribution in [0.25, 0.3) is 0 Å². The van der Waals surface area contributed by atoms with Gasteiger partial charge in [-0.15, -0.1) is 11.3 Å². The predicted octanol–water partition coefficient (Wildman–Crippen LogP) is 3.26. The molecule has 130 valence electrons. The van der Waals surface area contributed by atoms with Crippen LogP contribution in [0.1, 0.15) is 21.7 Å². The first-order chi connectivity index (χ1) is 11.9. The molecule has 2 aromatic rings. The average molecular weight is 447 g/mol. The Labute approximate surface area is 159 Å². The summed E-state index contributed by atoms with van der Waals surface area (Å²) < 4.78 is 13.9. The van der Waals surface area contributed by atoms with Gasteiger partial charge in [0.15, 0.2) is 0 Å². The minimum absolute atomic E-state index is 0.180. The number of benzene rings is 1. The van der Waals surface area contributed by atoms with Crippen molar-refractivity contribution < 1.29 is 18.8 Å². The number of hydrogen-bond acceptors (Lipinski definition) is 5. The summed E-state index contributed by atoms with van der Waals surface area (Å²) in [5.74, 6) is -1.62. The predicted molar refractivity (Wildman–Crippen MR) is 95.1 cm³/mol. The first kappa shape index (κ1) is 17.8. The van der Waals surface area contributed by atoms with E-state index in [1.165, 1.54) is 17.4 Å². The average Bonchev–Trinajstić information content (AvgIpc) is 3.21. The number of nitrogens with one attached hydrogen (secondary N) is 2. The van der Waals surface area contributed by atoms with Gasteiger partial charge in [0, 0.05) is 10.9 Å². The lowest BCUT2D eigenvalue weighted by molar-refractivity contribution is -0.131. The minimum atomic E-state index is -0.854. The van der Waals surface area contributed by atoms with Gasteiger partial charge in [0.2, 0.25) is 6.10 Å². The summed E-state index contributed by atoms with van der Waals surface area (Å²) in [6.07, 6.45) is -0.591. The number of carbonyl (C=O) groups is 2. The summed E-state index contributed by atoms with van der Waals surface area (Å²) in [6.45, 7) is 0. The van der Waals surface area contributed by atoms with Gasteiger partial charge < -0.3 is 4.84 Å². The quantitative estimate of drug-likeness (QED) is 0.710. The number of rotatable bonds is 3. The van der Waals surface area contributed by atoms with Crippen molar-refractivity contribution in [3.05, 3.63) is 55.4 Å². The van der Waals surface area contributed by atoms with Crippen LogP contribution in [0.3, 0.4) is 0 Å². The van der Waals surface area contributed by atoms with Crippen LogP contribution >= 0.6 is 38.9 Å². The molecule has 3 rings (SSSR count). The number of hydrogen-bond donors (Lipinski definition) is 2. The van der Waals surface area contributed by atoms with E-state index in [0.717, 1.165) is 17.0 Å². The Morgan fingerprint density at radius 1 is 1.32 bits per heavy atom. The number of hydrazine groups is 1. The second-order valence-corrected chi connectivity index (χ2v) is 7.58. The number of carbonyl (C=O) groups excluding carboxylic acids is 2. The first-order valence-electron chi connectivity index (χ1n) is 6.97. The van der Waals surface area contributed by atoms with Gasteiger partial charge in [0.1, 0.15) is 11.5 Å². The molecule has 1 aromatic heterocycles. The van der Waals surface area contributed by atoms with Gasteiger partial charge in [0.25, 0.3) is 11.8 Å². The van der Waals surface area contributed by atoms with Crippen molar-refractivity contribution in [2.45, 2.75) is 12.5 Å². The topological polar surface area (TPSA) is 79.8 Å². The van der Waals surface area contributed by atoms with Gasteiger partial charge in [-0.25, -0.2) is 4.39 Å². The molecule has 1 aliphatic heterocycles. The summed E-state index contributed by atoms with van der Waals surface area (Å²) in [4.78, 5) is 30.0. The standard InChI is InChI=1S/C15H10BrClFN3O3S/c16-9-5-7(18)1-2-8(9)14(22)19-20-15(23)11-6-10(21-24-11)12-3-4-13(17)25-12/h1-5,11H,6H2,(H,19,22)(H,20,23)/t11-/m0/s1. The van der Waals surface area contributed by atoms with Crippen LogP contribution in [-0.2, 0) is 9.63 Å². The molecule has 25 heavy (non-hydrogen) atoms. The highest BCUT2D eigenvalue weighted by Gasteiger charge is 2.30. The zero-order valence-electron chi connectivity index (χ0n) is 12.4. The van der Waals surface area contributed by atoms with E-state index in [1.54, 1.807) is 12.1 Å². The number of halogens is 3. The molecule has 2 heterocycles. The van der Waals surface area contributed by atoms with Crippen molar-refractivity contribution >= 4 is 56.4 Å². The van der Waals surface area contributed by atoms with Crippen molar-refractivity contribution in [3.8, 4) is 0 Å². The normalized spacial score (nSPS) is 16.1. The van der Waals surface area contributed by atoms with Crippen LogP contribution in [0.5, 0.6) is 0 Å². The van der Waals surface area contributed by atoms with E-state index in [2.05, 4.69) is 31.9 Å². The van der Waals surface area contributed by atoms with E-state index in [0.29, 0.717) is 10.0 Å². The molecule has 6 nitrogen and oxygen atoms in total. The fourth-order valence-electron chi connectivity index (χ4n) is 2.07. The van der Waals surface area contributed by atoms with Crippen LogP contribution in [0, 0.1) is 5.82 Å². The molecule has 0 spiro atoms. The fourth-order valence-corrected chi connectivity index (χ4v) is 3.64. The van der Waals surface area contributed by atoms with Crippen molar-refractivity contribution in [1.29, 1.82) is 0 Å². The molecule has 2 N–H and O–H groups in total. The second-order valence-electron chi connectivity index (χ2n) is 5.01. The SMILES string of the molecule is O=C(NNC(=O)[C@@H]1CC(c2ccc(Cl)s2)=NO1)c1ccc(F)cc1Br. The molecule has 0 saturated carbocycles. The first-order valence-corrected chi connectivity index (χ1v) is 8.96. The fraction of sp³-hybridized carbons (Fsp3) is 0.133. The number of nitrogens with zero attached hydrogens (tertiary/aromatic N) is 1. The maximum Gasteiger partial charge on any atom is 0.282 e. The Hall–Kier alpha value is -1.97. The maximum absolute atomic E-state index is 13.0. The van der Waals surface area contributed by atoms with Crippen LogP contribution in [0.2, 0.25) is 4.34 Å². The third kappa shape index (κ3) is 4.17. The van der Waals surface area contributed by atoms with E-state index in [1.807, 2.05) is 0 Å². The molecule has 1 aliphatic rings. The highest BCUT2D eigenvalue weighted by atomic mass is 79.9. The zero-order chi connectivity index (χ0) is 18.0. The number of amides is 2. The largest absolute Gasteiger partial charge is 0.382 e. The van der Waals surface area contributed by atoms with E-state index in [9.17, 15) is 14.0 Å². The zero-order valence-corrected chi connectivity index (χ0v) is 15.5. The highest BCUT2D eigenvalue weighted by Crippen LogP contribution is 2.26. The molecule has 10 heteroatoms. The van der Waals surface area contributed by atoms with E-state index in [4.69, 9.17) is 16.4 Å². The molecule has 2 amide bonds. The third-order valence-corrected chi connectivity index (χ3v) is 5.23. The molecule has 1 atom stereocenters. The van der Waals surface area contributed by atoms with Gasteiger partial charge in [-0.05, 0) is 46.3 Å². The van der Waals surface area contributed by atoms with Crippen LogP contribution < -0.4 is 10.9 Å². The minimum Gasteiger partial charge on any atom is -0.382 e. The highest BCUT2D eigenvalue weighted by molar-refractivity contribution is 9.10. The summed E-state index contributed by atoms with van der Waals surface area (Å²) in [6, 6.07) is 7.13. The maximum atomic E-state index is 13.0. The number of oxime groups is 1. The molecule has 0 fully saturated rings. The molecule has 0 radical (unpaired) electrons. The van der Waals surface area contributed by atoms with E-state index >= 15 is 0 Å². The molecule has 0 unspecified atom stereocenters. The number of thiophene rings is 1. The third-order valence-electron chi connectivity index (χ3n) is 3.29. The van der Waals surface area contributed by atoms with Gasteiger partial charge in [-0.3, -0.25) is 20.4 Å². The Morgan fingerprint density at radius 3 is 2.80 bits per heavy atom. The Kier molecular flexibility index (Phi) is 5.36. The van der Waals surface area contributed by atoms with Gasteiger partial charge >= 0.3 is 0 Å². The van der Waals surface area contributed by atoms with Gasteiger partial charge in [-0.1, -0.05) is 16.8 Å². The molecule has 0 bridgehead atoms. The van der Waals surface area contributed by atoms with Crippen LogP contribution in [-0.4, -0.2) is 23.6 Å². The van der Waals surface area contributed by atoms with Crippen LogP contribution in [0.15, 0.2) is 40.0 Å². The van der Waals surface area contributed by atoms with Crippen molar-refractivity contribution in [1.82, 2.24) is 10.9 Å². The smallest absolute Gasteiger partial charge is 0.282 e. The summed E-state index contributed by atoms with van der Waals surface area (Å²) in [5, 5.41) is 3.88. The molecular formula is C15H10BrClFN3O3S. The van der Waals surface area contributed by atoms with Crippen LogP contribution in [0.4, 0.5) is 4.39 Å². The van der Waals surface area contributed by atoms with E-state index < -0.39 is 23.7 Å². The summed E-state index contributed by atoms with van der Waals surface area (Å²) in [5.41, 5.74) is 5.32. The Bertz CT molecular complexity index is 873. The van der Waals surface area contributed by atoms with Gasteiger partial charge in [0.05, 0.1) is 14.8 Å². The van der Waals surface area contributed by atoms with Gasteiger partial charge in [-0.2, -0.15) is 0 Å². The molecule has 0 saturated heterocycles. The molecule has 0 aliphatic carbocycles. The summed E-state index contributed by atoms with van der Waals surface area (Å²) in [7, 11) is 0. The monoisotopic (exact) mass is 445 g/mol. The lowest BCUT2D eigenvalue weighted by Gasteiger charge is -2.11. The van der Waals surface area contributed by atoms with Crippen molar-refractivity contribution in [2.75, 3.05) is 0 Å². The van der Waals surface area contributed by atoms with Crippen molar-refractivity contribution in [3.63, 3.8) is 0 Å². The lowest BCUT2D eigenvalue weighted by atomic mass is 10.1. The van der Waals surface area contributed by atoms with Crippen molar-refractivity contribution in [2.24, 2.45) is 5.16 Å². The Balaban J connectivity index is 1.54.